The predicted molar refractivity (Wildman–Crippen MR) is 65.5 cm³/mol. The number of amides is 1. The monoisotopic (exact) mass is 237 g/mol. The van der Waals surface area contributed by atoms with Crippen molar-refractivity contribution in [2.24, 2.45) is 0 Å². The zero-order valence-electron chi connectivity index (χ0n) is 10.2. The van der Waals surface area contributed by atoms with Crippen LogP contribution in [0.2, 0.25) is 0 Å². The highest BCUT2D eigenvalue weighted by molar-refractivity contribution is 5.77. The molecule has 2 N–H and O–H groups in total. The minimum Gasteiger partial charge on any atom is -0.394 e. The van der Waals surface area contributed by atoms with Gasteiger partial charge in [0.1, 0.15) is 6.61 Å². The fourth-order valence-corrected chi connectivity index (χ4v) is 1.40. The number of carbonyl (C=O) groups excluding carboxylic acids is 1. The number of ether oxygens (including phenoxy) is 1. The van der Waals surface area contributed by atoms with Crippen LogP contribution in [-0.2, 0) is 9.53 Å². The van der Waals surface area contributed by atoms with Gasteiger partial charge in [-0.15, -0.1) is 0 Å². The van der Waals surface area contributed by atoms with E-state index in [0.717, 1.165) is 5.56 Å². The second-order valence-corrected chi connectivity index (χ2v) is 4.07. The quantitative estimate of drug-likeness (QED) is 0.783. The minimum absolute atomic E-state index is 0.0149. The largest absolute Gasteiger partial charge is 0.394 e. The normalized spacial score (nSPS) is 12.5. The summed E-state index contributed by atoms with van der Waals surface area (Å²) < 4.78 is 5.19. The van der Waals surface area contributed by atoms with E-state index in [4.69, 9.17) is 4.74 Å². The standard InChI is InChI=1S/C13H19NO3/c1-10(2)17-9-13(16)14-12(8-15)11-6-4-3-5-7-11/h3-7,10,12,15H,8-9H2,1-2H3,(H,14,16)/t12-/m1/s1. The molecule has 0 fully saturated rings. The summed E-state index contributed by atoms with van der Waals surface area (Å²) in [7, 11) is 0. The van der Waals surface area contributed by atoms with Gasteiger partial charge in [-0.2, -0.15) is 0 Å². The van der Waals surface area contributed by atoms with Gasteiger partial charge in [0.15, 0.2) is 0 Å². The Morgan fingerprint density at radius 2 is 2.00 bits per heavy atom. The number of carbonyl (C=O) groups is 1. The lowest BCUT2D eigenvalue weighted by Crippen LogP contribution is -2.34. The molecule has 0 spiro atoms. The van der Waals surface area contributed by atoms with Crippen molar-refractivity contribution in [3.8, 4) is 0 Å². The van der Waals surface area contributed by atoms with Crippen LogP contribution in [0.25, 0.3) is 0 Å². The van der Waals surface area contributed by atoms with E-state index in [1.807, 2.05) is 44.2 Å². The van der Waals surface area contributed by atoms with E-state index in [2.05, 4.69) is 5.32 Å². The summed E-state index contributed by atoms with van der Waals surface area (Å²) in [6, 6.07) is 8.99. The van der Waals surface area contributed by atoms with Crippen LogP contribution in [0.15, 0.2) is 30.3 Å². The van der Waals surface area contributed by atoms with Crippen LogP contribution in [0.5, 0.6) is 0 Å². The van der Waals surface area contributed by atoms with Gasteiger partial charge in [-0.05, 0) is 19.4 Å². The molecule has 1 atom stereocenters. The molecule has 4 heteroatoms. The van der Waals surface area contributed by atoms with Crippen molar-refractivity contribution >= 4 is 5.91 Å². The van der Waals surface area contributed by atoms with Crippen LogP contribution in [0.3, 0.4) is 0 Å². The number of nitrogens with one attached hydrogen (secondary N) is 1. The van der Waals surface area contributed by atoms with Crippen molar-refractivity contribution in [1.29, 1.82) is 0 Å². The molecule has 0 aliphatic carbocycles. The molecule has 1 aromatic carbocycles. The summed E-state index contributed by atoms with van der Waals surface area (Å²) in [6.07, 6.45) is 0.0186. The fraction of sp³-hybridized carbons (Fsp3) is 0.462. The summed E-state index contributed by atoms with van der Waals surface area (Å²) in [6.45, 7) is 3.63. The van der Waals surface area contributed by atoms with Crippen molar-refractivity contribution in [2.45, 2.75) is 26.0 Å². The molecular weight excluding hydrogens is 218 g/mol. The smallest absolute Gasteiger partial charge is 0.246 e. The highest BCUT2D eigenvalue weighted by atomic mass is 16.5. The Balaban J connectivity index is 2.50. The minimum atomic E-state index is -0.375. The first-order valence-corrected chi connectivity index (χ1v) is 5.70. The molecule has 0 radical (unpaired) electrons. The first-order chi connectivity index (χ1) is 8.13. The molecule has 1 rings (SSSR count). The molecule has 0 aromatic heterocycles. The summed E-state index contributed by atoms with van der Waals surface area (Å²) in [5.74, 6) is -0.221. The number of aliphatic hydroxyl groups is 1. The van der Waals surface area contributed by atoms with Gasteiger partial charge in [0.25, 0.3) is 0 Å². The highest BCUT2D eigenvalue weighted by Gasteiger charge is 2.13. The topological polar surface area (TPSA) is 58.6 Å². The zero-order chi connectivity index (χ0) is 12.7. The Bertz CT molecular complexity index is 338. The summed E-state index contributed by atoms with van der Waals surface area (Å²) in [5.41, 5.74) is 0.882. The zero-order valence-corrected chi connectivity index (χ0v) is 10.2. The van der Waals surface area contributed by atoms with E-state index >= 15 is 0 Å². The third-order valence-corrected chi connectivity index (χ3v) is 2.27. The highest BCUT2D eigenvalue weighted by Crippen LogP contribution is 2.11. The summed E-state index contributed by atoms with van der Waals surface area (Å²) in [4.78, 5) is 11.5. The molecule has 4 nitrogen and oxygen atoms in total. The van der Waals surface area contributed by atoms with E-state index in [0.29, 0.717) is 0 Å². The average Bonchev–Trinajstić information content (AvgIpc) is 2.34. The summed E-state index contributed by atoms with van der Waals surface area (Å²) >= 11 is 0. The maximum absolute atomic E-state index is 11.5. The van der Waals surface area contributed by atoms with Crippen molar-refractivity contribution < 1.29 is 14.6 Å². The van der Waals surface area contributed by atoms with E-state index < -0.39 is 0 Å². The van der Waals surface area contributed by atoms with E-state index in [1.54, 1.807) is 0 Å². The van der Waals surface area contributed by atoms with E-state index in [1.165, 1.54) is 0 Å². The Labute approximate surface area is 102 Å². The maximum atomic E-state index is 11.5. The molecule has 0 aliphatic rings. The van der Waals surface area contributed by atoms with Crippen LogP contribution in [-0.4, -0.2) is 30.3 Å². The van der Waals surface area contributed by atoms with Crippen LogP contribution in [0.4, 0.5) is 0 Å². The van der Waals surface area contributed by atoms with Crippen molar-refractivity contribution in [1.82, 2.24) is 5.32 Å². The van der Waals surface area contributed by atoms with Gasteiger partial charge < -0.3 is 15.2 Å². The lowest BCUT2D eigenvalue weighted by molar-refractivity contribution is -0.128. The van der Waals surface area contributed by atoms with E-state index in [-0.39, 0.29) is 31.3 Å². The lowest BCUT2D eigenvalue weighted by atomic mass is 10.1. The Hall–Kier alpha value is -1.39. The van der Waals surface area contributed by atoms with Crippen molar-refractivity contribution in [3.63, 3.8) is 0 Å². The van der Waals surface area contributed by atoms with Crippen LogP contribution in [0, 0.1) is 0 Å². The third kappa shape index (κ3) is 4.97. The Kier molecular flexibility index (Phi) is 5.66. The fourth-order valence-electron chi connectivity index (χ4n) is 1.40. The molecular formula is C13H19NO3. The molecule has 0 heterocycles. The van der Waals surface area contributed by atoms with Crippen molar-refractivity contribution in [2.75, 3.05) is 13.2 Å². The molecule has 1 amide bonds. The third-order valence-electron chi connectivity index (χ3n) is 2.27. The summed E-state index contributed by atoms with van der Waals surface area (Å²) in [5, 5.41) is 12.0. The van der Waals surface area contributed by atoms with Gasteiger partial charge in [-0.1, -0.05) is 30.3 Å². The van der Waals surface area contributed by atoms with Gasteiger partial charge in [0, 0.05) is 0 Å². The van der Waals surface area contributed by atoms with Crippen LogP contribution in [0.1, 0.15) is 25.5 Å². The average molecular weight is 237 g/mol. The molecule has 17 heavy (non-hydrogen) atoms. The number of benzene rings is 1. The van der Waals surface area contributed by atoms with Gasteiger partial charge in [-0.25, -0.2) is 0 Å². The van der Waals surface area contributed by atoms with Crippen LogP contribution >= 0.6 is 0 Å². The predicted octanol–water partition coefficient (Wildman–Crippen LogP) is 1.26. The Morgan fingerprint density at radius 1 is 1.35 bits per heavy atom. The molecule has 0 saturated carbocycles. The second kappa shape index (κ2) is 7.04. The maximum Gasteiger partial charge on any atom is 0.246 e. The van der Waals surface area contributed by atoms with Gasteiger partial charge in [-0.3, -0.25) is 4.79 Å². The molecule has 0 bridgehead atoms. The molecule has 0 unspecified atom stereocenters. The number of rotatable bonds is 6. The second-order valence-electron chi connectivity index (χ2n) is 4.07. The molecule has 94 valence electrons. The van der Waals surface area contributed by atoms with Gasteiger partial charge in [0.05, 0.1) is 18.8 Å². The van der Waals surface area contributed by atoms with E-state index in [9.17, 15) is 9.90 Å². The van der Waals surface area contributed by atoms with Crippen molar-refractivity contribution in [3.05, 3.63) is 35.9 Å². The number of hydrogen-bond acceptors (Lipinski definition) is 3. The molecule has 1 aromatic rings. The molecule has 0 aliphatic heterocycles. The Morgan fingerprint density at radius 3 is 2.53 bits per heavy atom. The first kappa shape index (κ1) is 13.7. The number of aliphatic hydroxyl groups excluding tert-OH is 1. The molecule has 0 saturated heterocycles. The first-order valence-electron chi connectivity index (χ1n) is 5.70. The van der Waals surface area contributed by atoms with Gasteiger partial charge in [0.2, 0.25) is 5.91 Å². The lowest BCUT2D eigenvalue weighted by Gasteiger charge is -2.17. The SMILES string of the molecule is CC(C)OCC(=O)N[C@H](CO)c1ccccc1. The van der Waals surface area contributed by atoms with Gasteiger partial charge >= 0.3 is 0 Å². The van der Waals surface area contributed by atoms with Crippen LogP contribution < -0.4 is 5.32 Å². The number of hydrogen-bond donors (Lipinski definition) is 2.